The molecule has 6 nitrogen and oxygen atoms in total. The van der Waals surface area contributed by atoms with Crippen LogP contribution in [-0.2, 0) is 16.6 Å². The third-order valence-corrected chi connectivity index (χ3v) is 4.90. The lowest BCUT2D eigenvalue weighted by Gasteiger charge is -2.07. The van der Waals surface area contributed by atoms with Crippen LogP contribution < -0.4 is 10.0 Å². The molecule has 0 aliphatic heterocycles. The zero-order valence-electron chi connectivity index (χ0n) is 12.3. The maximum Gasteiger partial charge on any atom is 0.243 e. The molecule has 0 amide bonds. The summed E-state index contributed by atoms with van der Waals surface area (Å²) in [7, 11) is -3.40. The minimum absolute atomic E-state index is 0.0959. The van der Waals surface area contributed by atoms with E-state index in [-0.39, 0.29) is 10.9 Å². The van der Waals surface area contributed by atoms with Crippen LogP contribution in [0.25, 0.3) is 0 Å². The SMILES string of the molecule is CC(C)NCCCn1cc(S(=O)(=O)NC2CC2C)cn1. The fraction of sp³-hybridized carbons (Fsp3) is 0.769. The molecule has 1 saturated carbocycles. The van der Waals surface area contributed by atoms with Crippen molar-refractivity contribution in [3.05, 3.63) is 12.4 Å². The summed E-state index contributed by atoms with van der Waals surface area (Å²) >= 11 is 0. The van der Waals surface area contributed by atoms with Gasteiger partial charge in [-0.15, -0.1) is 0 Å². The topological polar surface area (TPSA) is 76.0 Å². The average molecular weight is 300 g/mol. The van der Waals surface area contributed by atoms with Gasteiger partial charge in [0.2, 0.25) is 10.0 Å². The van der Waals surface area contributed by atoms with Gasteiger partial charge in [0.05, 0.1) is 6.20 Å². The Labute approximate surface area is 121 Å². The molecule has 7 heteroatoms. The van der Waals surface area contributed by atoms with E-state index in [1.807, 2.05) is 6.92 Å². The van der Waals surface area contributed by atoms with Crippen LogP contribution in [0.3, 0.4) is 0 Å². The van der Waals surface area contributed by atoms with Crippen molar-refractivity contribution in [2.24, 2.45) is 5.92 Å². The van der Waals surface area contributed by atoms with Crippen LogP contribution in [0.4, 0.5) is 0 Å². The summed E-state index contributed by atoms with van der Waals surface area (Å²) in [6.45, 7) is 7.86. The van der Waals surface area contributed by atoms with Gasteiger partial charge in [0.15, 0.2) is 0 Å². The fourth-order valence-corrected chi connectivity index (χ4v) is 3.30. The molecule has 0 bridgehead atoms. The van der Waals surface area contributed by atoms with E-state index in [0.717, 1.165) is 25.9 Å². The lowest BCUT2D eigenvalue weighted by atomic mass is 10.3. The highest BCUT2D eigenvalue weighted by Crippen LogP contribution is 2.30. The monoisotopic (exact) mass is 300 g/mol. The summed E-state index contributed by atoms with van der Waals surface area (Å²) in [5, 5.41) is 7.44. The molecule has 1 aliphatic carbocycles. The third-order valence-electron chi connectivity index (χ3n) is 3.45. The standard InChI is InChI=1S/C13H24N4O2S/c1-10(2)14-5-4-6-17-9-12(8-15-17)20(18,19)16-13-7-11(13)3/h8-11,13-14,16H,4-7H2,1-3H3. The van der Waals surface area contributed by atoms with Crippen LogP contribution in [0, 0.1) is 5.92 Å². The Morgan fingerprint density at radius 1 is 1.50 bits per heavy atom. The summed E-state index contributed by atoms with van der Waals surface area (Å²) in [4.78, 5) is 0.258. The molecule has 114 valence electrons. The number of hydrogen-bond donors (Lipinski definition) is 2. The molecule has 20 heavy (non-hydrogen) atoms. The molecule has 0 aromatic carbocycles. The third kappa shape index (κ3) is 4.29. The molecule has 0 radical (unpaired) electrons. The number of aryl methyl sites for hydroxylation is 1. The Balaban J connectivity index is 1.85. The van der Waals surface area contributed by atoms with Gasteiger partial charge in [0, 0.05) is 24.8 Å². The highest BCUT2D eigenvalue weighted by molar-refractivity contribution is 7.89. The van der Waals surface area contributed by atoms with Gasteiger partial charge in [0.1, 0.15) is 4.90 Å². The first-order chi connectivity index (χ1) is 9.38. The van der Waals surface area contributed by atoms with Crippen LogP contribution in [0.1, 0.15) is 33.6 Å². The van der Waals surface area contributed by atoms with Gasteiger partial charge in [-0.05, 0) is 25.3 Å². The van der Waals surface area contributed by atoms with Gasteiger partial charge in [0.25, 0.3) is 0 Å². The van der Waals surface area contributed by atoms with Crippen molar-refractivity contribution in [3.63, 3.8) is 0 Å². The van der Waals surface area contributed by atoms with E-state index in [1.165, 1.54) is 6.20 Å². The predicted octanol–water partition coefficient (Wildman–Crippen LogP) is 0.958. The largest absolute Gasteiger partial charge is 0.314 e. The smallest absolute Gasteiger partial charge is 0.243 e. The van der Waals surface area contributed by atoms with Gasteiger partial charge in [-0.3, -0.25) is 4.68 Å². The number of nitrogens with one attached hydrogen (secondary N) is 2. The Morgan fingerprint density at radius 2 is 2.20 bits per heavy atom. The van der Waals surface area contributed by atoms with Gasteiger partial charge in [-0.25, -0.2) is 13.1 Å². The summed E-state index contributed by atoms with van der Waals surface area (Å²) in [5.74, 6) is 0.446. The molecule has 0 saturated heterocycles. The quantitative estimate of drug-likeness (QED) is 0.701. The number of hydrogen-bond acceptors (Lipinski definition) is 4. The highest BCUT2D eigenvalue weighted by Gasteiger charge is 2.36. The van der Waals surface area contributed by atoms with Crippen LogP contribution >= 0.6 is 0 Å². The Kier molecular flexibility index (Phi) is 4.82. The van der Waals surface area contributed by atoms with Gasteiger partial charge >= 0.3 is 0 Å². The Hall–Kier alpha value is -0.920. The van der Waals surface area contributed by atoms with Crippen molar-refractivity contribution in [3.8, 4) is 0 Å². The lowest BCUT2D eigenvalue weighted by molar-refractivity contribution is 0.513. The minimum atomic E-state index is -3.40. The number of nitrogens with zero attached hydrogens (tertiary/aromatic N) is 2. The van der Waals surface area contributed by atoms with E-state index in [9.17, 15) is 8.42 Å². The maximum atomic E-state index is 12.1. The lowest BCUT2D eigenvalue weighted by Crippen LogP contribution is -2.26. The minimum Gasteiger partial charge on any atom is -0.314 e. The molecule has 2 unspecified atom stereocenters. The van der Waals surface area contributed by atoms with Crippen LogP contribution in [0.5, 0.6) is 0 Å². The van der Waals surface area contributed by atoms with Crippen molar-refractivity contribution < 1.29 is 8.42 Å². The van der Waals surface area contributed by atoms with E-state index in [4.69, 9.17) is 0 Å². The van der Waals surface area contributed by atoms with Gasteiger partial charge in [-0.1, -0.05) is 20.8 Å². The molecule has 2 rings (SSSR count). The molecular weight excluding hydrogens is 276 g/mol. The zero-order chi connectivity index (χ0) is 14.8. The van der Waals surface area contributed by atoms with Crippen molar-refractivity contribution in [2.45, 2.75) is 57.1 Å². The van der Waals surface area contributed by atoms with E-state index >= 15 is 0 Å². The highest BCUT2D eigenvalue weighted by atomic mass is 32.2. The second-order valence-electron chi connectivity index (χ2n) is 5.84. The first kappa shape index (κ1) is 15.5. The summed E-state index contributed by atoms with van der Waals surface area (Å²) < 4.78 is 28.6. The molecule has 1 aliphatic rings. The van der Waals surface area contributed by atoms with Crippen LogP contribution in [0.2, 0.25) is 0 Å². The predicted molar refractivity (Wildman–Crippen MR) is 77.9 cm³/mol. The number of rotatable bonds is 8. The Bertz CT molecular complexity index is 538. The van der Waals surface area contributed by atoms with E-state index in [2.05, 4.69) is 29.0 Å². The Morgan fingerprint density at radius 3 is 2.80 bits per heavy atom. The van der Waals surface area contributed by atoms with Gasteiger partial charge in [-0.2, -0.15) is 5.10 Å². The van der Waals surface area contributed by atoms with Crippen molar-refractivity contribution in [2.75, 3.05) is 6.54 Å². The molecule has 2 atom stereocenters. The summed E-state index contributed by atoms with van der Waals surface area (Å²) in [6, 6.07) is 0.562. The van der Waals surface area contributed by atoms with E-state index in [1.54, 1.807) is 10.9 Å². The summed E-state index contributed by atoms with van der Waals surface area (Å²) in [6.07, 6.45) is 4.87. The first-order valence-electron chi connectivity index (χ1n) is 7.16. The van der Waals surface area contributed by atoms with Crippen LogP contribution in [0.15, 0.2) is 17.3 Å². The van der Waals surface area contributed by atoms with Gasteiger partial charge < -0.3 is 5.32 Å². The molecule has 2 N–H and O–H groups in total. The molecule has 1 heterocycles. The summed E-state index contributed by atoms with van der Waals surface area (Å²) in [5.41, 5.74) is 0. The zero-order valence-corrected chi connectivity index (χ0v) is 13.2. The van der Waals surface area contributed by atoms with Crippen molar-refractivity contribution in [1.82, 2.24) is 19.8 Å². The number of aromatic nitrogens is 2. The van der Waals surface area contributed by atoms with Crippen LogP contribution in [-0.4, -0.2) is 36.8 Å². The normalized spacial score (nSPS) is 22.4. The molecule has 1 aromatic rings. The first-order valence-corrected chi connectivity index (χ1v) is 8.65. The second kappa shape index (κ2) is 6.24. The maximum absolute atomic E-state index is 12.1. The van der Waals surface area contributed by atoms with Crippen molar-refractivity contribution >= 4 is 10.0 Å². The van der Waals surface area contributed by atoms with E-state index < -0.39 is 10.0 Å². The molecule has 0 spiro atoms. The number of sulfonamides is 1. The molecule has 1 fully saturated rings. The average Bonchev–Trinajstić information content (AvgIpc) is 2.87. The molecule has 1 aromatic heterocycles. The second-order valence-corrected chi connectivity index (χ2v) is 7.56. The van der Waals surface area contributed by atoms with E-state index in [0.29, 0.717) is 12.0 Å². The molecular formula is C13H24N4O2S. The fourth-order valence-electron chi connectivity index (χ4n) is 1.99. The van der Waals surface area contributed by atoms with Crippen molar-refractivity contribution in [1.29, 1.82) is 0 Å².